The fraction of sp³-hybridized carbons (Fsp3) is 0.810. The molecule has 2 saturated carbocycles. The topological polar surface area (TPSA) is 80.1 Å². The van der Waals surface area contributed by atoms with Crippen molar-refractivity contribution >= 4 is 11.8 Å². The van der Waals surface area contributed by atoms with E-state index in [1.807, 2.05) is 9.58 Å². The number of carbonyl (C=O) groups excluding carboxylic acids is 2. The van der Waals surface area contributed by atoms with E-state index in [0.29, 0.717) is 17.5 Å². The highest BCUT2D eigenvalue weighted by Gasteiger charge is 2.27. The molecule has 7 nitrogen and oxygen atoms in total. The van der Waals surface area contributed by atoms with Gasteiger partial charge in [-0.3, -0.25) is 9.59 Å². The molecule has 0 bridgehead atoms. The number of likely N-dealkylation sites (tertiary alicyclic amines) is 1. The van der Waals surface area contributed by atoms with Gasteiger partial charge in [-0.2, -0.15) is 0 Å². The number of aromatic nitrogens is 3. The zero-order valence-electron chi connectivity index (χ0n) is 16.8. The molecule has 3 aliphatic rings. The summed E-state index contributed by atoms with van der Waals surface area (Å²) in [4.78, 5) is 27.0. The Bertz CT molecular complexity index is 668. The highest BCUT2D eigenvalue weighted by Crippen LogP contribution is 2.28. The van der Waals surface area contributed by atoms with Crippen LogP contribution >= 0.6 is 0 Å². The molecule has 0 aromatic carbocycles. The Morgan fingerprint density at radius 1 is 0.964 bits per heavy atom. The Morgan fingerprint density at radius 2 is 1.64 bits per heavy atom. The molecule has 4 rings (SSSR count). The molecule has 28 heavy (non-hydrogen) atoms. The van der Waals surface area contributed by atoms with Gasteiger partial charge < -0.3 is 10.2 Å². The maximum absolute atomic E-state index is 12.6. The number of rotatable bonds is 5. The predicted molar refractivity (Wildman–Crippen MR) is 106 cm³/mol. The fourth-order valence-corrected chi connectivity index (χ4v) is 5.04. The van der Waals surface area contributed by atoms with Crippen molar-refractivity contribution in [1.29, 1.82) is 0 Å². The number of hydrogen-bond donors (Lipinski definition) is 1. The molecule has 3 fully saturated rings. The molecule has 0 radical (unpaired) electrons. The second-order valence-electron chi connectivity index (χ2n) is 8.86. The third-order valence-corrected chi connectivity index (χ3v) is 6.81. The molecule has 0 atom stereocenters. The van der Waals surface area contributed by atoms with Gasteiger partial charge in [0.05, 0.1) is 12.2 Å². The lowest BCUT2D eigenvalue weighted by molar-refractivity contribution is -0.133. The predicted octanol–water partition coefficient (Wildman–Crippen LogP) is 3.08. The fourth-order valence-electron chi connectivity index (χ4n) is 5.04. The van der Waals surface area contributed by atoms with E-state index in [9.17, 15) is 9.59 Å². The first-order valence-electron chi connectivity index (χ1n) is 11.2. The molecule has 1 aliphatic heterocycles. The largest absolute Gasteiger partial charge is 0.348 e. The van der Waals surface area contributed by atoms with Gasteiger partial charge in [-0.15, -0.1) is 5.10 Å². The molecule has 7 heteroatoms. The summed E-state index contributed by atoms with van der Waals surface area (Å²) in [5.74, 6) is 0.800. The molecule has 1 saturated heterocycles. The standard InChI is InChI=1S/C21H33N5O2/c27-20(14-16-6-2-1-3-7-16)25-12-10-18(11-13-25)26-15-19(23-24-26)21(28)22-17-8-4-5-9-17/h15-18H,1-14H2,(H,22,28). The maximum Gasteiger partial charge on any atom is 0.273 e. The average molecular weight is 388 g/mol. The van der Waals surface area contributed by atoms with Crippen molar-refractivity contribution in [2.45, 2.75) is 89.1 Å². The van der Waals surface area contributed by atoms with Crippen LogP contribution in [0, 0.1) is 5.92 Å². The Hall–Kier alpha value is -1.92. The van der Waals surface area contributed by atoms with Crippen LogP contribution in [0.2, 0.25) is 0 Å². The van der Waals surface area contributed by atoms with Gasteiger partial charge in [0.2, 0.25) is 5.91 Å². The van der Waals surface area contributed by atoms with Crippen LogP contribution in [-0.2, 0) is 4.79 Å². The molecule has 2 heterocycles. The van der Waals surface area contributed by atoms with E-state index in [-0.39, 0.29) is 18.0 Å². The number of amides is 2. The van der Waals surface area contributed by atoms with Gasteiger partial charge in [0.25, 0.3) is 5.91 Å². The first kappa shape index (κ1) is 19.4. The first-order valence-corrected chi connectivity index (χ1v) is 11.2. The molecular formula is C21H33N5O2. The molecule has 0 unspecified atom stereocenters. The van der Waals surface area contributed by atoms with Gasteiger partial charge >= 0.3 is 0 Å². The van der Waals surface area contributed by atoms with Crippen LogP contribution in [-0.4, -0.2) is 50.8 Å². The molecule has 154 valence electrons. The van der Waals surface area contributed by atoms with Crippen LogP contribution in [0.25, 0.3) is 0 Å². The molecular weight excluding hydrogens is 354 g/mol. The molecule has 1 aromatic rings. The van der Waals surface area contributed by atoms with Gasteiger partial charge in [0.1, 0.15) is 0 Å². The monoisotopic (exact) mass is 387 g/mol. The van der Waals surface area contributed by atoms with Crippen molar-refractivity contribution in [2.24, 2.45) is 5.92 Å². The van der Waals surface area contributed by atoms with E-state index in [0.717, 1.165) is 45.2 Å². The quantitative estimate of drug-likeness (QED) is 0.842. The Kier molecular flexibility index (Phi) is 6.27. The van der Waals surface area contributed by atoms with E-state index in [1.165, 1.54) is 44.9 Å². The lowest BCUT2D eigenvalue weighted by Gasteiger charge is -2.33. The minimum atomic E-state index is -0.113. The van der Waals surface area contributed by atoms with Crippen LogP contribution in [0.1, 0.15) is 93.6 Å². The van der Waals surface area contributed by atoms with Gasteiger partial charge in [-0.25, -0.2) is 4.68 Å². The van der Waals surface area contributed by atoms with Crippen LogP contribution < -0.4 is 5.32 Å². The Balaban J connectivity index is 1.25. The number of nitrogens with one attached hydrogen (secondary N) is 1. The summed E-state index contributed by atoms with van der Waals surface area (Å²) in [7, 11) is 0. The second-order valence-corrected chi connectivity index (χ2v) is 8.86. The SMILES string of the molecule is O=C(NC1CCCC1)c1cn(C2CCN(C(=O)CC3CCCCC3)CC2)nn1. The summed E-state index contributed by atoms with van der Waals surface area (Å²) in [5, 5.41) is 11.4. The third kappa shape index (κ3) is 4.73. The summed E-state index contributed by atoms with van der Waals surface area (Å²) < 4.78 is 1.83. The highest BCUT2D eigenvalue weighted by atomic mass is 16.2. The molecule has 2 amide bonds. The summed E-state index contributed by atoms with van der Waals surface area (Å²) in [5.41, 5.74) is 0.405. The zero-order chi connectivity index (χ0) is 19.3. The normalized spacial score (nSPS) is 22.5. The van der Waals surface area contributed by atoms with E-state index in [2.05, 4.69) is 15.6 Å². The molecule has 0 spiro atoms. The van der Waals surface area contributed by atoms with Gasteiger partial charge in [-0.05, 0) is 44.4 Å². The minimum absolute atomic E-state index is 0.113. The van der Waals surface area contributed by atoms with Crippen molar-refractivity contribution in [1.82, 2.24) is 25.2 Å². The van der Waals surface area contributed by atoms with Crippen molar-refractivity contribution in [2.75, 3.05) is 13.1 Å². The summed E-state index contributed by atoms with van der Waals surface area (Å²) in [6.45, 7) is 1.55. The lowest BCUT2D eigenvalue weighted by Crippen LogP contribution is -2.40. The van der Waals surface area contributed by atoms with E-state index < -0.39 is 0 Å². The van der Waals surface area contributed by atoms with Crippen molar-refractivity contribution in [3.63, 3.8) is 0 Å². The smallest absolute Gasteiger partial charge is 0.273 e. The van der Waals surface area contributed by atoms with Gasteiger partial charge in [0.15, 0.2) is 5.69 Å². The Labute approximate surface area is 167 Å². The minimum Gasteiger partial charge on any atom is -0.348 e. The number of hydrogen-bond acceptors (Lipinski definition) is 4. The van der Waals surface area contributed by atoms with Crippen LogP contribution in [0.5, 0.6) is 0 Å². The van der Waals surface area contributed by atoms with Crippen LogP contribution in [0.15, 0.2) is 6.20 Å². The van der Waals surface area contributed by atoms with Gasteiger partial charge in [0, 0.05) is 25.6 Å². The van der Waals surface area contributed by atoms with Crippen molar-refractivity contribution in [3.8, 4) is 0 Å². The van der Waals surface area contributed by atoms with Gasteiger partial charge in [-0.1, -0.05) is 37.3 Å². The summed E-state index contributed by atoms with van der Waals surface area (Å²) in [6.07, 6.45) is 15.1. The van der Waals surface area contributed by atoms with Crippen molar-refractivity contribution < 1.29 is 9.59 Å². The first-order chi connectivity index (χ1) is 13.7. The zero-order valence-corrected chi connectivity index (χ0v) is 16.8. The number of piperidine rings is 1. The number of carbonyl (C=O) groups is 2. The molecule has 1 N–H and O–H groups in total. The summed E-state index contributed by atoms with van der Waals surface area (Å²) >= 11 is 0. The number of nitrogens with zero attached hydrogens (tertiary/aromatic N) is 4. The maximum atomic E-state index is 12.6. The van der Waals surface area contributed by atoms with Crippen LogP contribution in [0.4, 0.5) is 0 Å². The van der Waals surface area contributed by atoms with Crippen LogP contribution in [0.3, 0.4) is 0 Å². The molecule has 1 aromatic heterocycles. The summed E-state index contributed by atoms with van der Waals surface area (Å²) in [6, 6.07) is 0.510. The average Bonchev–Trinajstić information content (AvgIpc) is 3.41. The van der Waals surface area contributed by atoms with E-state index >= 15 is 0 Å². The van der Waals surface area contributed by atoms with E-state index in [4.69, 9.17) is 0 Å². The Morgan fingerprint density at radius 3 is 2.36 bits per heavy atom. The third-order valence-electron chi connectivity index (χ3n) is 6.81. The highest BCUT2D eigenvalue weighted by molar-refractivity contribution is 5.92. The van der Waals surface area contributed by atoms with Crippen molar-refractivity contribution in [3.05, 3.63) is 11.9 Å². The second kappa shape index (κ2) is 9.05. The van der Waals surface area contributed by atoms with E-state index in [1.54, 1.807) is 6.20 Å². The molecule has 2 aliphatic carbocycles. The lowest BCUT2D eigenvalue weighted by atomic mass is 9.86.